The fraction of sp³-hybridized carbons (Fsp3) is 0.0392. The van der Waals surface area contributed by atoms with E-state index in [9.17, 15) is 0 Å². The Kier molecular flexibility index (Phi) is 7.03. The van der Waals surface area contributed by atoms with Crippen LogP contribution in [0.3, 0.4) is 0 Å². The van der Waals surface area contributed by atoms with E-state index < -0.39 is 0 Å². The standard InChI is InChI=1S/C51H34N4O2/c1-3-12-31(13-4-1)49-52-50(32-14-5-2-6-15-32)54-51(53-49)38-18-11-21-47-48(38)41-29-34(23-26-46(41)57-47)33-22-25-44-39(28-33)40-30-35(24-27-45(40)56-44)55-42-19-9-7-16-36(42)37-17-8-10-20-43(37)55/h1-30,49,51,53H,(H,52,54). The van der Waals surface area contributed by atoms with E-state index in [1.807, 2.05) is 24.3 Å². The zero-order valence-electron chi connectivity index (χ0n) is 30.7. The molecular weight excluding hydrogens is 701 g/mol. The summed E-state index contributed by atoms with van der Waals surface area (Å²) in [5, 5.41) is 14.3. The first kappa shape index (κ1) is 31.9. The summed E-state index contributed by atoms with van der Waals surface area (Å²) >= 11 is 0. The van der Waals surface area contributed by atoms with Gasteiger partial charge in [0.05, 0.1) is 11.0 Å². The zero-order valence-corrected chi connectivity index (χ0v) is 30.7. The lowest BCUT2D eigenvalue weighted by molar-refractivity contribution is 0.411. The maximum Gasteiger partial charge on any atom is 0.135 e. The number of rotatable bonds is 5. The molecule has 11 aromatic rings. The van der Waals surface area contributed by atoms with Crippen molar-refractivity contribution in [2.45, 2.75) is 12.3 Å². The van der Waals surface area contributed by atoms with Gasteiger partial charge in [-0.25, -0.2) is 4.99 Å². The van der Waals surface area contributed by atoms with Crippen LogP contribution in [-0.4, -0.2) is 10.4 Å². The molecule has 0 bridgehead atoms. The molecule has 0 aliphatic carbocycles. The number of nitrogens with one attached hydrogen (secondary N) is 2. The first-order valence-corrected chi connectivity index (χ1v) is 19.3. The van der Waals surface area contributed by atoms with Gasteiger partial charge in [-0.3, -0.25) is 5.32 Å². The third kappa shape index (κ3) is 5.12. The van der Waals surface area contributed by atoms with Crippen molar-refractivity contribution in [1.29, 1.82) is 0 Å². The number of fused-ring (bicyclic) bond motifs is 9. The Morgan fingerprint density at radius 3 is 1.79 bits per heavy atom. The molecule has 6 nitrogen and oxygen atoms in total. The van der Waals surface area contributed by atoms with Crippen LogP contribution in [0.4, 0.5) is 0 Å². The Bertz CT molecular complexity index is 3320. The topological polar surface area (TPSA) is 67.6 Å². The van der Waals surface area contributed by atoms with Crippen LogP contribution < -0.4 is 10.6 Å². The van der Waals surface area contributed by atoms with Crippen molar-refractivity contribution >= 4 is 71.5 Å². The van der Waals surface area contributed by atoms with E-state index in [-0.39, 0.29) is 12.3 Å². The van der Waals surface area contributed by atoms with E-state index >= 15 is 0 Å². The Morgan fingerprint density at radius 2 is 1.05 bits per heavy atom. The van der Waals surface area contributed by atoms with E-state index in [4.69, 9.17) is 13.8 Å². The molecule has 0 fully saturated rings. The molecule has 0 saturated heterocycles. The molecule has 2 unspecified atom stereocenters. The molecule has 4 heterocycles. The average Bonchev–Trinajstić information content (AvgIpc) is 3.95. The fourth-order valence-corrected chi connectivity index (χ4v) is 8.83. The maximum atomic E-state index is 6.52. The molecule has 8 aromatic carbocycles. The average molecular weight is 735 g/mol. The maximum absolute atomic E-state index is 6.52. The SMILES string of the molecule is c1ccc(C2=NC(c3ccccc3)NC(c3cccc4oc5ccc(-c6ccc7oc8ccc(-n9c%10ccccc%10c%10ccccc%109)cc8c7c6)cc5c34)N2)cc1. The van der Waals surface area contributed by atoms with Gasteiger partial charge in [0.2, 0.25) is 0 Å². The smallest absolute Gasteiger partial charge is 0.135 e. The van der Waals surface area contributed by atoms with Gasteiger partial charge in [-0.1, -0.05) is 121 Å². The van der Waals surface area contributed by atoms with E-state index in [2.05, 4.69) is 173 Å². The summed E-state index contributed by atoms with van der Waals surface area (Å²) in [6, 6.07) is 63.8. The van der Waals surface area contributed by atoms with Crippen LogP contribution >= 0.6 is 0 Å². The third-order valence-electron chi connectivity index (χ3n) is 11.5. The summed E-state index contributed by atoms with van der Waals surface area (Å²) in [4.78, 5) is 5.13. The molecular formula is C51H34N4O2. The number of hydrogen-bond acceptors (Lipinski definition) is 5. The van der Waals surface area contributed by atoms with Gasteiger partial charge in [-0.15, -0.1) is 0 Å². The van der Waals surface area contributed by atoms with Gasteiger partial charge < -0.3 is 18.7 Å². The molecule has 6 heteroatoms. The number of amidine groups is 1. The number of benzene rings is 8. The van der Waals surface area contributed by atoms with Crippen molar-refractivity contribution in [3.05, 3.63) is 199 Å². The minimum atomic E-state index is -0.233. The molecule has 0 spiro atoms. The summed E-state index contributed by atoms with van der Waals surface area (Å²) in [6.07, 6.45) is -0.461. The highest BCUT2D eigenvalue weighted by Gasteiger charge is 2.28. The molecule has 3 aromatic heterocycles. The molecule has 57 heavy (non-hydrogen) atoms. The lowest BCUT2D eigenvalue weighted by Crippen LogP contribution is -2.45. The minimum absolute atomic E-state index is 0.228. The van der Waals surface area contributed by atoms with Crippen molar-refractivity contribution < 1.29 is 8.83 Å². The van der Waals surface area contributed by atoms with Crippen LogP contribution in [0.2, 0.25) is 0 Å². The predicted octanol–water partition coefficient (Wildman–Crippen LogP) is 12.6. The number of aromatic nitrogens is 1. The summed E-state index contributed by atoms with van der Waals surface area (Å²) in [5.74, 6) is 0.848. The number of para-hydroxylation sites is 2. The van der Waals surface area contributed by atoms with E-state index in [0.29, 0.717) is 0 Å². The highest BCUT2D eigenvalue weighted by Crippen LogP contribution is 2.40. The molecule has 1 aliphatic rings. The summed E-state index contributed by atoms with van der Waals surface area (Å²) in [5.41, 5.74) is 12.4. The number of furan rings is 2. The summed E-state index contributed by atoms with van der Waals surface area (Å²) < 4.78 is 15.3. The molecule has 0 saturated carbocycles. The van der Waals surface area contributed by atoms with Crippen LogP contribution in [0.25, 0.3) is 82.5 Å². The lowest BCUT2D eigenvalue weighted by atomic mass is 9.98. The second-order valence-corrected chi connectivity index (χ2v) is 14.8. The van der Waals surface area contributed by atoms with Crippen LogP contribution in [0, 0.1) is 0 Å². The molecule has 270 valence electrons. The van der Waals surface area contributed by atoms with Crippen LogP contribution in [0.5, 0.6) is 0 Å². The van der Waals surface area contributed by atoms with E-state index in [1.165, 1.54) is 21.8 Å². The quantitative estimate of drug-likeness (QED) is 0.185. The monoisotopic (exact) mass is 734 g/mol. The highest BCUT2D eigenvalue weighted by molar-refractivity contribution is 6.12. The Balaban J connectivity index is 0.975. The first-order chi connectivity index (χ1) is 28.2. The van der Waals surface area contributed by atoms with Gasteiger partial charge in [0, 0.05) is 49.1 Å². The van der Waals surface area contributed by atoms with E-state index in [0.717, 1.165) is 83.2 Å². The number of nitrogens with zero attached hydrogens (tertiary/aromatic N) is 2. The normalized spacial score (nSPS) is 15.9. The van der Waals surface area contributed by atoms with Crippen molar-refractivity contribution in [3.8, 4) is 16.8 Å². The second kappa shape index (κ2) is 12.6. The Labute approximate surface area is 327 Å². The van der Waals surface area contributed by atoms with Gasteiger partial charge in [0.15, 0.2) is 0 Å². The predicted molar refractivity (Wildman–Crippen MR) is 232 cm³/mol. The summed E-state index contributed by atoms with van der Waals surface area (Å²) in [6.45, 7) is 0. The second-order valence-electron chi connectivity index (χ2n) is 14.8. The molecule has 2 atom stereocenters. The zero-order chi connectivity index (χ0) is 37.5. The molecule has 0 amide bonds. The van der Waals surface area contributed by atoms with Gasteiger partial charge in [-0.2, -0.15) is 0 Å². The third-order valence-corrected chi connectivity index (χ3v) is 11.5. The molecule has 0 radical (unpaired) electrons. The van der Waals surface area contributed by atoms with Gasteiger partial charge in [0.1, 0.15) is 40.5 Å². The van der Waals surface area contributed by atoms with E-state index in [1.54, 1.807) is 0 Å². The van der Waals surface area contributed by atoms with Crippen molar-refractivity contribution in [1.82, 2.24) is 15.2 Å². The molecule has 2 N–H and O–H groups in total. The van der Waals surface area contributed by atoms with Crippen LogP contribution in [0.15, 0.2) is 196 Å². The van der Waals surface area contributed by atoms with Gasteiger partial charge >= 0.3 is 0 Å². The number of aliphatic imine (C=N–C) groups is 1. The van der Waals surface area contributed by atoms with Crippen molar-refractivity contribution in [2.75, 3.05) is 0 Å². The fourth-order valence-electron chi connectivity index (χ4n) is 8.83. The van der Waals surface area contributed by atoms with Crippen molar-refractivity contribution in [3.63, 3.8) is 0 Å². The van der Waals surface area contributed by atoms with Gasteiger partial charge in [-0.05, 0) is 77.4 Å². The minimum Gasteiger partial charge on any atom is -0.456 e. The van der Waals surface area contributed by atoms with Gasteiger partial charge in [0.25, 0.3) is 0 Å². The summed E-state index contributed by atoms with van der Waals surface area (Å²) in [7, 11) is 0. The van der Waals surface area contributed by atoms with Crippen LogP contribution in [0.1, 0.15) is 29.0 Å². The Morgan fingerprint density at radius 1 is 0.456 bits per heavy atom. The van der Waals surface area contributed by atoms with Crippen molar-refractivity contribution in [2.24, 2.45) is 4.99 Å². The molecule has 1 aliphatic heterocycles. The van der Waals surface area contributed by atoms with Crippen LogP contribution in [-0.2, 0) is 0 Å². The largest absolute Gasteiger partial charge is 0.456 e. The number of hydrogen-bond donors (Lipinski definition) is 2. The Hall–Kier alpha value is -7.41. The first-order valence-electron chi connectivity index (χ1n) is 19.3. The lowest BCUT2D eigenvalue weighted by Gasteiger charge is -2.32. The highest BCUT2D eigenvalue weighted by atomic mass is 16.3. The molecule has 12 rings (SSSR count).